The molecule has 0 saturated carbocycles. The lowest BCUT2D eigenvalue weighted by Gasteiger charge is -2.29. The van der Waals surface area contributed by atoms with E-state index in [1.165, 1.54) is 7.11 Å². The van der Waals surface area contributed by atoms with E-state index in [2.05, 4.69) is 37.3 Å². The van der Waals surface area contributed by atoms with Crippen LogP contribution >= 0.6 is 0 Å². The summed E-state index contributed by atoms with van der Waals surface area (Å²) >= 11 is 0. The van der Waals surface area contributed by atoms with Crippen molar-refractivity contribution in [2.45, 2.75) is 45.1 Å². The van der Waals surface area contributed by atoms with Crippen LogP contribution in [0.3, 0.4) is 0 Å². The van der Waals surface area contributed by atoms with Gasteiger partial charge in [-0.05, 0) is 68.2 Å². The maximum absolute atomic E-state index is 13.8. The predicted octanol–water partition coefficient (Wildman–Crippen LogP) is 5.20. The van der Waals surface area contributed by atoms with E-state index in [9.17, 15) is 13.2 Å². The van der Waals surface area contributed by atoms with Gasteiger partial charge in [0.05, 0.1) is 30.3 Å². The first-order valence-electron chi connectivity index (χ1n) is 14.8. The highest BCUT2D eigenvalue weighted by atomic mass is 32.2. The van der Waals surface area contributed by atoms with Crippen molar-refractivity contribution in [3.63, 3.8) is 0 Å². The maximum Gasteiger partial charge on any atom is 0.272 e. The number of nitrogens with one attached hydrogen (secondary N) is 3. The first-order chi connectivity index (χ1) is 21.2. The summed E-state index contributed by atoms with van der Waals surface area (Å²) < 4.78 is 40.4. The minimum Gasteiger partial charge on any atom is -0.492 e. The highest BCUT2D eigenvalue weighted by Crippen LogP contribution is 2.40. The fourth-order valence-electron chi connectivity index (χ4n) is 5.43. The second-order valence-electron chi connectivity index (χ2n) is 12.5. The summed E-state index contributed by atoms with van der Waals surface area (Å²) in [5.74, 6) is 1.23. The van der Waals surface area contributed by atoms with Crippen molar-refractivity contribution in [1.29, 1.82) is 0 Å². The highest BCUT2D eigenvalue weighted by Gasteiger charge is 2.24. The Morgan fingerprint density at radius 1 is 1.04 bits per heavy atom. The van der Waals surface area contributed by atoms with Gasteiger partial charge in [0.1, 0.15) is 5.69 Å². The number of fused-ring (bicyclic) bond motifs is 1. The molecule has 0 radical (unpaired) electrons. The first kappa shape index (κ1) is 32.0. The van der Waals surface area contributed by atoms with Crippen LogP contribution in [0.15, 0.2) is 48.7 Å². The number of para-hydroxylation sites is 1. The number of anilines is 3. The van der Waals surface area contributed by atoms with E-state index in [0.29, 0.717) is 40.5 Å². The van der Waals surface area contributed by atoms with Gasteiger partial charge in [0, 0.05) is 30.7 Å². The van der Waals surface area contributed by atoms with Gasteiger partial charge in [0.25, 0.3) is 5.91 Å². The SMILES string of the molecule is COc1c(NC(=O)c2cc3cccc(Oc4ccnc(NC5CCN(C)CC5)n4)c3n2C)cc(C(C)(C)C)cc1NS(C)(=O)=O. The molecular weight excluding hydrogens is 594 g/mol. The van der Waals surface area contributed by atoms with Crippen LogP contribution in [0.25, 0.3) is 10.9 Å². The van der Waals surface area contributed by atoms with Crippen LogP contribution in [0, 0.1) is 0 Å². The molecule has 3 heterocycles. The third kappa shape index (κ3) is 7.48. The van der Waals surface area contributed by atoms with E-state index >= 15 is 0 Å². The van der Waals surface area contributed by atoms with Gasteiger partial charge in [0.15, 0.2) is 11.5 Å². The number of amides is 1. The van der Waals surface area contributed by atoms with Crippen LogP contribution in [0.1, 0.15) is 49.7 Å². The molecule has 45 heavy (non-hydrogen) atoms. The van der Waals surface area contributed by atoms with Crippen molar-refractivity contribution >= 4 is 44.2 Å². The molecule has 13 heteroatoms. The van der Waals surface area contributed by atoms with Crippen LogP contribution in [0.2, 0.25) is 0 Å². The van der Waals surface area contributed by atoms with Gasteiger partial charge in [-0.1, -0.05) is 32.9 Å². The molecule has 12 nitrogen and oxygen atoms in total. The van der Waals surface area contributed by atoms with Gasteiger partial charge >= 0.3 is 0 Å². The monoisotopic (exact) mass is 635 g/mol. The molecule has 240 valence electrons. The number of benzene rings is 2. The minimum absolute atomic E-state index is 0.206. The van der Waals surface area contributed by atoms with Crippen LogP contribution in [0.4, 0.5) is 17.3 Å². The third-order valence-corrected chi connectivity index (χ3v) is 8.44. The topological polar surface area (TPSA) is 140 Å². The number of hydrogen-bond acceptors (Lipinski definition) is 9. The molecule has 1 amide bonds. The molecular formula is C32H41N7O5S. The second kappa shape index (κ2) is 12.6. The van der Waals surface area contributed by atoms with E-state index in [0.717, 1.165) is 43.1 Å². The summed E-state index contributed by atoms with van der Waals surface area (Å²) in [5.41, 5.74) is 2.13. The van der Waals surface area contributed by atoms with Crippen LogP contribution < -0.4 is 24.8 Å². The molecule has 1 saturated heterocycles. The quantitative estimate of drug-likeness (QED) is 0.227. The fourth-order valence-corrected chi connectivity index (χ4v) is 5.98. The van der Waals surface area contributed by atoms with Crippen molar-refractivity contribution < 1.29 is 22.7 Å². The zero-order valence-electron chi connectivity index (χ0n) is 26.8. The fraction of sp³-hybridized carbons (Fsp3) is 0.406. The van der Waals surface area contributed by atoms with E-state index in [-0.39, 0.29) is 16.9 Å². The smallest absolute Gasteiger partial charge is 0.272 e. The molecule has 1 aliphatic rings. The number of nitrogens with zero attached hydrogens (tertiary/aromatic N) is 4. The largest absolute Gasteiger partial charge is 0.492 e. The normalized spacial score (nSPS) is 14.7. The minimum atomic E-state index is -3.61. The first-order valence-corrected chi connectivity index (χ1v) is 16.7. The highest BCUT2D eigenvalue weighted by molar-refractivity contribution is 7.92. The Hall–Kier alpha value is -4.36. The molecule has 0 bridgehead atoms. The number of rotatable bonds is 9. The Kier molecular flexibility index (Phi) is 8.95. The predicted molar refractivity (Wildman–Crippen MR) is 177 cm³/mol. The van der Waals surface area contributed by atoms with Crippen molar-refractivity contribution in [2.24, 2.45) is 7.05 Å². The molecule has 0 unspecified atom stereocenters. The van der Waals surface area contributed by atoms with Crippen molar-refractivity contribution in [3.05, 3.63) is 59.9 Å². The summed E-state index contributed by atoms with van der Waals surface area (Å²) in [6.45, 7) is 8.05. The Bertz CT molecular complexity index is 1820. The average molecular weight is 636 g/mol. The van der Waals surface area contributed by atoms with Gasteiger partial charge in [0.2, 0.25) is 21.9 Å². The number of piperidine rings is 1. The zero-order chi connectivity index (χ0) is 32.5. The molecule has 1 aliphatic heterocycles. The Morgan fingerprint density at radius 2 is 1.76 bits per heavy atom. The van der Waals surface area contributed by atoms with Crippen molar-refractivity contribution in [3.8, 4) is 17.4 Å². The Morgan fingerprint density at radius 3 is 2.42 bits per heavy atom. The van der Waals surface area contributed by atoms with Crippen molar-refractivity contribution in [2.75, 3.05) is 48.9 Å². The summed E-state index contributed by atoms with van der Waals surface area (Å²) in [6.07, 6.45) is 4.76. The van der Waals surface area contributed by atoms with Crippen LogP contribution in [-0.4, -0.2) is 73.3 Å². The number of carbonyl (C=O) groups is 1. The zero-order valence-corrected chi connectivity index (χ0v) is 27.6. The summed E-state index contributed by atoms with van der Waals surface area (Å²) in [6, 6.07) is 12.9. The molecule has 2 aromatic carbocycles. The average Bonchev–Trinajstić information content (AvgIpc) is 3.30. The van der Waals surface area contributed by atoms with Gasteiger partial charge < -0.3 is 29.6 Å². The molecule has 3 N–H and O–H groups in total. The van der Waals surface area contributed by atoms with Crippen LogP contribution in [-0.2, 0) is 22.5 Å². The second-order valence-corrected chi connectivity index (χ2v) is 14.3. The molecule has 4 aromatic rings. The standard InChI is InChI=1S/C32H41N7O5S/c1-32(2,3)21-18-23(29(43-6)24(19-21)37-45(7,41)42)35-30(40)25-17-20-9-8-10-26(28(20)39(25)5)44-27-11-14-33-31(36-27)34-22-12-15-38(4)16-13-22/h8-11,14,17-19,22,37H,12-13,15-16H2,1-7H3,(H,35,40)(H,33,34,36). The molecule has 1 fully saturated rings. The number of aromatic nitrogens is 3. The molecule has 5 rings (SSSR count). The van der Waals surface area contributed by atoms with Crippen molar-refractivity contribution in [1.82, 2.24) is 19.4 Å². The molecule has 2 aromatic heterocycles. The Balaban J connectivity index is 1.43. The van der Waals surface area contributed by atoms with E-state index < -0.39 is 15.9 Å². The maximum atomic E-state index is 13.8. The lowest BCUT2D eigenvalue weighted by molar-refractivity contribution is 0.101. The number of ether oxygens (including phenoxy) is 2. The number of aryl methyl sites for hydroxylation is 1. The molecule has 0 atom stereocenters. The van der Waals surface area contributed by atoms with E-state index in [1.54, 1.807) is 42.1 Å². The summed E-state index contributed by atoms with van der Waals surface area (Å²) in [5, 5.41) is 7.17. The van der Waals surface area contributed by atoms with Gasteiger partial charge in [-0.2, -0.15) is 4.98 Å². The van der Waals surface area contributed by atoms with Gasteiger partial charge in [-0.3, -0.25) is 9.52 Å². The Labute approximate surface area is 264 Å². The van der Waals surface area contributed by atoms with E-state index in [1.807, 2.05) is 39.0 Å². The van der Waals surface area contributed by atoms with Crippen LogP contribution in [0.5, 0.6) is 17.4 Å². The van der Waals surface area contributed by atoms with E-state index in [4.69, 9.17) is 9.47 Å². The summed E-state index contributed by atoms with van der Waals surface area (Å²) in [4.78, 5) is 25.0. The lowest BCUT2D eigenvalue weighted by Crippen LogP contribution is -2.37. The molecule has 0 aliphatic carbocycles. The van der Waals surface area contributed by atoms with Gasteiger partial charge in [-0.15, -0.1) is 0 Å². The van der Waals surface area contributed by atoms with Gasteiger partial charge in [-0.25, -0.2) is 13.4 Å². The molecule has 0 spiro atoms. The number of methoxy groups -OCH3 is 1. The number of likely N-dealkylation sites (tertiary alicyclic amines) is 1. The number of sulfonamides is 1. The lowest BCUT2D eigenvalue weighted by atomic mass is 9.86. The number of hydrogen-bond donors (Lipinski definition) is 3. The third-order valence-electron chi connectivity index (χ3n) is 7.85. The number of carbonyl (C=O) groups excluding carboxylic acids is 1. The summed E-state index contributed by atoms with van der Waals surface area (Å²) in [7, 11) is 1.73.